The zero-order valence-corrected chi connectivity index (χ0v) is 19.4. The summed E-state index contributed by atoms with van der Waals surface area (Å²) < 4.78 is 11.2. The summed E-state index contributed by atoms with van der Waals surface area (Å²) in [6, 6.07) is 17.6. The molecule has 4 rings (SSSR count). The molecule has 1 saturated heterocycles. The Morgan fingerprint density at radius 2 is 1.91 bits per heavy atom. The largest absolute Gasteiger partial charge is 0.483 e. The quantitative estimate of drug-likeness (QED) is 0.579. The maximum atomic E-state index is 12.5. The summed E-state index contributed by atoms with van der Waals surface area (Å²) in [5.74, 6) is 1.71. The van der Waals surface area contributed by atoms with Crippen LogP contribution in [0.4, 0.5) is 11.5 Å². The first-order valence-electron chi connectivity index (χ1n) is 11.3. The molecule has 7 heteroatoms. The molecular weight excluding hydrogens is 416 g/mol. The average molecular weight is 447 g/mol. The lowest BCUT2D eigenvalue weighted by atomic mass is 10.0. The van der Waals surface area contributed by atoms with Crippen LogP contribution in [-0.2, 0) is 9.53 Å². The van der Waals surface area contributed by atoms with Crippen LogP contribution in [0.15, 0.2) is 54.6 Å². The van der Waals surface area contributed by atoms with E-state index >= 15 is 0 Å². The summed E-state index contributed by atoms with van der Waals surface area (Å²) in [6.45, 7) is 9.23. The average Bonchev–Trinajstić information content (AvgIpc) is 2.83. The molecule has 1 amide bonds. The second-order valence-electron chi connectivity index (χ2n) is 8.49. The highest BCUT2D eigenvalue weighted by Crippen LogP contribution is 2.27. The van der Waals surface area contributed by atoms with E-state index in [-0.39, 0.29) is 12.5 Å². The summed E-state index contributed by atoms with van der Waals surface area (Å²) in [6.07, 6.45) is 0. The number of amides is 1. The van der Waals surface area contributed by atoms with Gasteiger partial charge in [0.15, 0.2) is 12.4 Å². The summed E-state index contributed by atoms with van der Waals surface area (Å²) in [4.78, 5) is 14.7. The lowest BCUT2D eigenvalue weighted by molar-refractivity contribution is -0.118. The van der Waals surface area contributed by atoms with Gasteiger partial charge in [0.05, 0.1) is 18.9 Å². The molecule has 2 aromatic carbocycles. The highest BCUT2D eigenvalue weighted by atomic mass is 16.5. The van der Waals surface area contributed by atoms with Crippen molar-refractivity contribution in [2.24, 2.45) is 0 Å². The number of hydrogen-bond donors (Lipinski definition) is 1. The van der Waals surface area contributed by atoms with Gasteiger partial charge in [-0.1, -0.05) is 38.1 Å². The first-order valence-corrected chi connectivity index (χ1v) is 11.3. The van der Waals surface area contributed by atoms with Gasteiger partial charge in [0, 0.05) is 24.3 Å². The maximum absolute atomic E-state index is 12.5. The number of hydrogen-bond acceptors (Lipinski definition) is 6. The van der Waals surface area contributed by atoms with Crippen molar-refractivity contribution in [1.82, 2.24) is 10.2 Å². The summed E-state index contributed by atoms with van der Waals surface area (Å²) in [5.41, 5.74) is 4.52. The highest BCUT2D eigenvalue weighted by Gasteiger charge is 2.14. The number of rotatable bonds is 7. The van der Waals surface area contributed by atoms with Crippen LogP contribution in [0.1, 0.15) is 30.9 Å². The lowest BCUT2D eigenvalue weighted by Crippen LogP contribution is -2.36. The van der Waals surface area contributed by atoms with Crippen LogP contribution >= 0.6 is 0 Å². The van der Waals surface area contributed by atoms with E-state index in [1.165, 1.54) is 0 Å². The van der Waals surface area contributed by atoms with Gasteiger partial charge in [-0.3, -0.25) is 4.79 Å². The molecule has 1 fully saturated rings. The van der Waals surface area contributed by atoms with Crippen LogP contribution < -0.4 is 15.0 Å². The molecule has 0 unspecified atom stereocenters. The van der Waals surface area contributed by atoms with E-state index in [1.54, 1.807) is 0 Å². The summed E-state index contributed by atoms with van der Waals surface area (Å²) >= 11 is 0. The van der Waals surface area contributed by atoms with E-state index in [0.717, 1.165) is 47.0 Å². The predicted molar refractivity (Wildman–Crippen MR) is 130 cm³/mol. The lowest BCUT2D eigenvalue weighted by Gasteiger charge is -2.27. The second-order valence-corrected chi connectivity index (χ2v) is 8.49. The SMILES string of the molecule is Cc1ccc(C(C)C)c(OCC(=O)Nc2cccc(-c3ccc(N4CCOCC4)nn3)c2)c1. The summed E-state index contributed by atoms with van der Waals surface area (Å²) in [7, 11) is 0. The van der Waals surface area contributed by atoms with Crippen molar-refractivity contribution < 1.29 is 14.3 Å². The van der Waals surface area contributed by atoms with Crippen molar-refractivity contribution in [3.8, 4) is 17.0 Å². The Labute approximate surface area is 194 Å². The standard InChI is InChI=1S/C26H30N4O3/c1-18(2)22-8-7-19(3)15-24(22)33-17-26(31)27-21-6-4-5-20(16-21)23-9-10-25(29-28-23)30-11-13-32-14-12-30/h4-10,15-16,18H,11-14,17H2,1-3H3,(H,27,31). The smallest absolute Gasteiger partial charge is 0.262 e. The Balaban J connectivity index is 1.39. The summed E-state index contributed by atoms with van der Waals surface area (Å²) in [5, 5.41) is 11.7. The van der Waals surface area contributed by atoms with Crippen molar-refractivity contribution in [2.75, 3.05) is 43.1 Å². The number of nitrogens with one attached hydrogen (secondary N) is 1. The van der Waals surface area contributed by atoms with Crippen molar-refractivity contribution in [3.63, 3.8) is 0 Å². The van der Waals surface area contributed by atoms with Crippen molar-refractivity contribution in [3.05, 3.63) is 65.7 Å². The van der Waals surface area contributed by atoms with Gasteiger partial charge in [0.1, 0.15) is 5.75 Å². The van der Waals surface area contributed by atoms with Gasteiger partial charge in [0.25, 0.3) is 5.91 Å². The molecule has 33 heavy (non-hydrogen) atoms. The monoisotopic (exact) mass is 446 g/mol. The molecule has 0 aliphatic carbocycles. The third-order valence-electron chi connectivity index (χ3n) is 5.58. The van der Waals surface area contributed by atoms with Crippen molar-refractivity contribution >= 4 is 17.4 Å². The molecule has 172 valence electrons. The molecule has 3 aromatic rings. The van der Waals surface area contributed by atoms with Gasteiger partial charge in [-0.25, -0.2) is 0 Å². The van der Waals surface area contributed by atoms with Crippen LogP contribution in [0.5, 0.6) is 5.75 Å². The van der Waals surface area contributed by atoms with E-state index in [1.807, 2.05) is 49.4 Å². The zero-order valence-electron chi connectivity index (χ0n) is 19.4. The van der Waals surface area contributed by atoms with Gasteiger partial charge in [-0.15, -0.1) is 10.2 Å². The van der Waals surface area contributed by atoms with E-state index in [0.29, 0.717) is 24.8 Å². The van der Waals surface area contributed by atoms with Crippen LogP contribution in [0, 0.1) is 6.92 Å². The van der Waals surface area contributed by atoms with Gasteiger partial charge in [-0.2, -0.15) is 0 Å². The Hall–Kier alpha value is -3.45. The minimum Gasteiger partial charge on any atom is -0.483 e. The van der Waals surface area contributed by atoms with Crippen LogP contribution in [-0.4, -0.2) is 49.0 Å². The molecule has 0 atom stereocenters. The molecule has 1 aromatic heterocycles. The zero-order chi connectivity index (χ0) is 23.2. The number of carbonyl (C=O) groups excluding carboxylic acids is 1. The first kappa shape index (κ1) is 22.7. The van der Waals surface area contributed by atoms with E-state index in [2.05, 4.69) is 46.4 Å². The molecule has 1 aliphatic heterocycles. The topological polar surface area (TPSA) is 76.6 Å². The number of aryl methyl sites for hydroxylation is 1. The molecule has 1 N–H and O–H groups in total. The van der Waals surface area contributed by atoms with Crippen molar-refractivity contribution in [2.45, 2.75) is 26.7 Å². The number of aromatic nitrogens is 2. The molecule has 1 aliphatic rings. The molecule has 0 radical (unpaired) electrons. The normalized spacial score (nSPS) is 13.8. The number of nitrogens with zero attached hydrogens (tertiary/aromatic N) is 3. The maximum Gasteiger partial charge on any atom is 0.262 e. The van der Waals surface area contributed by atoms with Gasteiger partial charge >= 0.3 is 0 Å². The highest BCUT2D eigenvalue weighted by molar-refractivity contribution is 5.92. The fourth-order valence-corrected chi connectivity index (χ4v) is 3.78. The van der Waals surface area contributed by atoms with Crippen LogP contribution in [0.2, 0.25) is 0 Å². The Morgan fingerprint density at radius 3 is 2.64 bits per heavy atom. The molecule has 0 saturated carbocycles. The Kier molecular flexibility index (Phi) is 7.19. The van der Waals surface area contributed by atoms with E-state index < -0.39 is 0 Å². The second kappa shape index (κ2) is 10.4. The van der Waals surface area contributed by atoms with Gasteiger partial charge in [-0.05, 0) is 54.3 Å². The first-order chi connectivity index (χ1) is 16.0. The third-order valence-corrected chi connectivity index (χ3v) is 5.58. The van der Waals surface area contributed by atoms with E-state index in [9.17, 15) is 4.79 Å². The van der Waals surface area contributed by atoms with E-state index in [4.69, 9.17) is 9.47 Å². The molecule has 0 spiro atoms. The van der Waals surface area contributed by atoms with Gasteiger partial charge in [0.2, 0.25) is 0 Å². The fraction of sp³-hybridized carbons (Fsp3) is 0.346. The van der Waals surface area contributed by atoms with Crippen LogP contribution in [0.3, 0.4) is 0 Å². The number of carbonyl (C=O) groups is 1. The van der Waals surface area contributed by atoms with Gasteiger partial charge < -0.3 is 19.7 Å². The Morgan fingerprint density at radius 1 is 1.09 bits per heavy atom. The predicted octanol–water partition coefficient (Wildman–Crippen LogP) is 4.43. The number of morpholine rings is 1. The number of anilines is 2. The number of benzene rings is 2. The third kappa shape index (κ3) is 5.87. The Bertz CT molecular complexity index is 1090. The molecular formula is C26H30N4O3. The van der Waals surface area contributed by atoms with Crippen LogP contribution in [0.25, 0.3) is 11.3 Å². The number of ether oxygens (including phenoxy) is 2. The fourth-order valence-electron chi connectivity index (χ4n) is 3.78. The molecule has 7 nitrogen and oxygen atoms in total. The minimum absolute atomic E-state index is 0.0541. The molecule has 2 heterocycles. The minimum atomic E-state index is -0.211. The molecule has 0 bridgehead atoms. The van der Waals surface area contributed by atoms with Crippen molar-refractivity contribution in [1.29, 1.82) is 0 Å².